The van der Waals surface area contributed by atoms with E-state index in [4.69, 9.17) is 9.52 Å². The van der Waals surface area contributed by atoms with Crippen LogP contribution >= 0.6 is 0 Å². The Balaban J connectivity index is 1.87. The summed E-state index contributed by atoms with van der Waals surface area (Å²) in [5.74, 6) is -0.115. The van der Waals surface area contributed by atoms with Crippen LogP contribution in [0.2, 0.25) is 0 Å². The Kier molecular flexibility index (Phi) is 4.42. The highest BCUT2D eigenvalue weighted by Gasteiger charge is 2.18. The second-order valence-electron chi connectivity index (χ2n) is 5.27. The van der Waals surface area contributed by atoms with Crippen molar-refractivity contribution in [2.75, 3.05) is 0 Å². The largest absolute Gasteiger partial charge is 0.475 e. The molecule has 2 atom stereocenters. The Hall–Kier alpha value is -1.29. The van der Waals surface area contributed by atoms with Crippen molar-refractivity contribution in [3.8, 4) is 0 Å². The van der Waals surface area contributed by atoms with Crippen molar-refractivity contribution >= 4 is 5.97 Å². The molecular weight excluding hydrogens is 230 g/mol. The predicted molar refractivity (Wildman–Crippen MR) is 68.5 cm³/mol. The van der Waals surface area contributed by atoms with Gasteiger partial charge in [-0.3, -0.25) is 0 Å². The molecule has 0 spiro atoms. The van der Waals surface area contributed by atoms with E-state index in [2.05, 4.69) is 12.2 Å². The first-order chi connectivity index (χ1) is 8.66. The fraction of sp³-hybridized carbons (Fsp3) is 0.643. The van der Waals surface area contributed by atoms with Gasteiger partial charge in [-0.2, -0.15) is 0 Å². The molecule has 100 valence electrons. The first-order valence-electron chi connectivity index (χ1n) is 6.70. The molecule has 1 fully saturated rings. The van der Waals surface area contributed by atoms with Crippen LogP contribution < -0.4 is 5.32 Å². The third-order valence-electron chi connectivity index (χ3n) is 3.78. The number of rotatable bonds is 4. The molecular formula is C14H21NO3. The maximum Gasteiger partial charge on any atom is 0.372 e. The number of aromatic carboxylic acids is 1. The quantitative estimate of drug-likeness (QED) is 0.807. The third-order valence-corrected chi connectivity index (χ3v) is 3.78. The molecule has 0 saturated heterocycles. The van der Waals surface area contributed by atoms with Gasteiger partial charge in [0, 0.05) is 18.2 Å². The SMILES string of the molecule is CC1CCCC(NCc2ccoc2C(=O)O)CC1. The van der Waals surface area contributed by atoms with Crippen molar-refractivity contribution in [3.05, 3.63) is 23.7 Å². The van der Waals surface area contributed by atoms with Gasteiger partial charge in [-0.15, -0.1) is 0 Å². The average molecular weight is 251 g/mol. The first-order valence-corrected chi connectivity index (χ1v) is 6.70. The summed E-state index contributed by atoms with van der Waals surface area (Å²) < 4.78 is 4.97. The zero-order chi connectivity index (χ0) is 13.0. The van der Waals surface area contributed by atoms with E-state index in [9.17, 15) is 4.79 Å². The molecule has 0 radical (unpaired) electrons. The van der Waals surface area contributed by atoms with Crippen LogP contribution in [0.3, 0.4) is 0 Å². The lowest BCUT2D eigenvalue weighted by Crippen LogP contribution is -2.28. The van der Waals surface area contributed by atoms with Gasteiger partial charge in [0.1, 0.15) is 0 Å². The number of carboxylic acids is 1. The topological polar surface area (TPSA) is 62.5 Å². The van der Waals surface area contributed by atoms with Crippen molar-refractivity contribution < 1.29 is 14.3 Å². The molecule has 18 heavy (non-hydrogen) atoms. The van der Waals surface area contributed by atoms with Crippen molar-refractivity contribution in [3.63, 3.8) is 0 Å². The van der Waals surface area contributed by atoms with Crippen LogP contribution in [0.5, 0.6) is 0 Å². The van der Waals surface area contributed by atoms with Crippen LogP contribution in [-0.2, 0) is 6.54 Å². The molecule has 4 nitrogen and oxygen atoms in total. The number of hydrogen-bond donors (Lipinski definition) is 2. The van der Waals surface area contributed by atoms with Crippen LogP contribution in [0.15, 0.2) is 16.7 Å². The number of nitrogens with one attached hydrogen (secondary N) is 1. The normalized spacial score (nSPS) is 24.7. The summed E-state index contributed by atoms with van der Waals surface area (Å²) in [5, 5.41) is 12.4. The molecule has 0 aliphatic heterocycles. The van der Waals surface area contributed by atoms with Crippen LogP contribution in [0.1, 0.15) is 55.1 Å². The first kappa shape index (κ1) is 13.1. The molecule has 0 aromatic carbocycles. The van der Waals surface area contributed by atoms with Gasteiger partial charge in [0.15, 0.2) is 0 Å². The Labute approximate surface area is 107 Å². The van der Waals surface area contributed by atoms with E-state index in [1.165, 1.54) is 38.4 Å². The van der Waals surface area contributed by atoms with Crippen LogP contribution in [-0.4, -0.2) is 17.1 Å². The van der Waals surface area contributed by atoms with Gasteiger partial charge in [0.25, 0.3) is 0 Å². The van der Waals surface area contributed by atoms with Crippen molar-refractivity contribution in [2.24, 2.45) is 5.92 Å². The second-order valence-corrected chi connectivity index (χ2v) is 5.27. The van der Waals surface area contributed by atoms with E-state index in [0.29, 0.717) is 12.6 Å². The Bertz CT molecular complexity index is 399. The van der Waals surface area contributed by atoms with Crippen molar-refractivity contribution in [1.82, 2.24) is 5.32 Å². The number of furan rings is 1. The van der Waals surface area contributed by atoms with Crippen LogP contribution in [0.25, 0.3) is 0 Å². The number of carbonyl (C=O) groups is 1. The predicted octanol–water partition coefficient (Wildman–Crippen LogP) is 3.04. The molecule has 1 aliphatic carbocycles. The Morgan fingerprint density at radius 3 is 3.06 bits per heavy atom. The lowest BCUT2D eigenvalue weighted by atomic mass is 10.0. The molecule has 0 bridgehead atoms. The minimum absolute atomic E-state index is 0.0597. The van der Waals surface area contributed by atoms with E-state index >= 15 is 0 Å². The molecule has 1 saturated carbocycles. The molecule has 2 rings (SSSR count). The molecule has 0 amide bonds. The average Bonchev–Trinajstić information content (AvgIpc) is 2.71. The number of hydrogen-bond acceptors (Lipinski definition) is 3. The van der Waals surface area contributed by atoms with Gasteiger partial charge in [-0.05, 0) is 31.2 Å². The van der Waals surface area contributed by atoms with Crippen molar-refractivity contribution in [2.45, 2.75) is 51.6 Å². The monoisotopic (exact) mass is 251 g/mol. The van der Waals surface area contributed by atoms with Gasteiger partial charge < -0.3 is 14.8 Å². The molecule has 2 N–H and O–H groups in total. The summed E-state index contributed by atoms with van der Waals surface area (Å²) in [6.45, 7) is 2.89. The molecule has 1 aromatic rings. The maximum absolute atomic E-state index is 10.9. The standard InChI is InChI=1S/C14H21NO3/c1-10-3-2-4-12(6-5-10)15-9-11-7-8-18-13(11)14(16)17/h7-8,10,12,15H,2-6,9H2,1H3,(H,16,17). The van der Waals surface area contributed by atoms with Gasteiger partial charge in [0.05, 0.1) is 6.26 Å². The highest BCUT2D eigenvalue weighted by atomic mass is 16.4. The van der Waals surface area contributed by atoms with E-state index in [0.717, 1.165) is 11.5 Å². The number of carboxylic acid groups (broad SMARTS) is 1. The summed E-state index contributed by atoms with van der Waals surface area (Å²) in [7, 11) is 0. The van der Waals surface area contributed by atoms with Gasteiger partial charge in [0.2, 0.25) is 5.76 Å². The molecule has 1 aromatic heterocycles. The van der Waals surface area contributed by atoms with E-state index in [1.54, 1.807) is 6.07 Å². The molecule has 1 heterocycles. The summed E-state index contributed by atoms with van der Waals surface area (Å²) >= 11 is 0. The fourth-order valence-electron chi connectivity index (χ4n) is 2.61. The molecule has 2 unspecified atom stereocenters. The van der Waals surface area contributed by atoms with Gasteiger partial charge in [-0.1, -0.05) is 19.8 Å². The summed E-state index contributed by atoms with van der Waals surface area (Å²) in [4.78, 5) is 10.9. The maximum atomic E-state index is 10.9. The molecule has 4 heteroatoms. The minimum atomic E-state index is -0.994. The smallest absolute Gasteiger partial charge is 0.372 e. The van der Waals surface area contributed by atoms with Crippen LogP contribution in [0.4, 0.5) is 0 Å². The Morgan fingerprint density at radius 1 is 1.44 bits per heavy atom. The van der Waals surface area contributed by atoms with Gasteiger partial charge in [-0.25, -0.2) is 4.79 Å². The van der Waals surface area contributed by atoms with E-state index < -0.39 is 5.97 Å². The van der Waals surface area contributed by atoms with Crippen molar-refractivity contribution in [1.29, 1.82) is 0 Å². The van der Waals surface area contributed by atoms with Crippen LogP contribution in [0, 0.1) is 5.92 Å². The van der Waals surface area contributed by atoms with E-state index in [1.807, 2.05) is 0 Å². The minimum Gasteiger partial charge on any atom is -0.475 e. The fourth-order valence-corrected chi connectivity index (χ4v) is 2.61. The zero-order valence-electron chi connectivity index (χ0n) is 10.8. The Morgan fingerprint density at radius 2 is 2.28 bits per heavy atom. The summed E-state index contributed by atoms with van der Waals surface area (Å²) in [6, 6.07) is 2.24. The van der Waals surface area contributed by atoms with E-state index in [-0.39, 0.29) is 5.76 Å². The third kappa shape index (κ3) is 3.35. The molecule has 1 aliphatic rings. The summed E-state index contributed by atoms with van der Waals surface area (Å²) in [6.07, 6.45) is 7.64. The highest BCUT2D eigenvalue weighted by molar-refractivity contribution is 5.86. The zero-order valence-corrected chi connectivity index (χ0v) is 10.8. The lowest BCUT2D eigenvalue weighted by Gasteiger charge is -2.15. The second kappa shape index (κ2) is 6.05. The highest BCUT2D eigenvalue weighted by Crippen LogP contribution is 2.23. The lowest BCUT2D eigenvalue weighted by molar-refractivity contribution is 0.0660. The summed E-state index contributed by atoms with van der Waals surface area (Å²) in [5.41, 5.74) is 0.736. The van der Waals surface area contributed by atoms with Gasteiger partial charge >= 0.3 is 5.97 Å².